The van der Waals surface area contributed by atoms with Gasteiger partial charge in [-0.2, -0.15) is 4.99 Å². The molecule has 0 atom stereocenters. The minimum absolute atomic E-state index is 0.0610. The van der Waals surface area contributed by atoms with Gasteiger partial charge in [0.05, 0.1) is 20.1 Å². The smallest absolute Gasteiger partial charge is 0.286 e. The van der Waals surface area contributed by atoms with Crippen molar-refractivity contribution >= 4 is 38.8 Å². The van der Waals surface area contributed by atoms with Crippen LogP contribution in [-0.4, -0.2) is 20.3 Å². The molecule has 3 rings (SSSR count). The lowest BCUT2D eigenvalue weighted by Gasteiger charge is -2.00. The van der Waals surface area contributed by atoms with Crippen molar-refractivity contribution in [2.75, 3.05) is 0 Å². The average molecular weight is 372 g/mol. The minimum atomic E-state index is -0.736. The van der Waals surface area contributed by atoms with Crippen LogP contribution in [0.3, 0.4) is 0 Å². The quantitative estimate of drug-likeness (QED) is 0.514. The van der Waals surface area contributed by atoms with Crippen molar-refractivity contribution in [3.63, 3.8) is 0 Å². The van der Waals surface area contributed by atoms with Gasteiger partial charge in [0.1, 0.15) is 5.56 Å². The second-order valence-corrected chi connectivity index (χ2v) is 6.24. The zero-order valence-corrected chi connectivity index (χ0v) is 14.3. The number of rotatable bonds is 4. The van der Waals surface area contributed by atoms with Crippen molar-refractivity contribution < 1.29 is 14.6 Å². The molecule has 10 heteroatoms. The predicted molar refractivity (Wildman–Crippen MR) is 95.1 cm³/mol. The number of nitrogens with zero attached hydrogens (tertiary/aromatic N) is 4. The van der Waals surface area contributed by atoms with E-state index < -0.39 is 15.8 Å². The van der Waals surface area contributed by atoms with Crippen LogP contribution in [0.1, 0.15) is 17.3 Å². The van der Waals surface area contributed by atoms with E-state index in [4.69, 9.17) is 0 Å². The largest absolute Gasteiger partial charge is 0.316 e. The summed E-state index contributed by atoms with van der Waals surface area (Å²) >= 11 is 1.19. The molecular formula is C16H12N4O5S. The van der Waals surface area contributed by atoms with E-state index in [1.54, 1.807) is 10.6 Å². The SMILES string of the molecule is CCn1c(=NC(=O)c2ccccc2[N+](=O)[O-])sc2ccc([N+](=O)[O-])cc21. The Morgan fingerprint density at radius 1 is 1.15 bits per heavy atom. The van der Waals surface area contributed by atoms with Gasteiger partial charge in [-0.05, 0) is 19.1 Å². The summed E-state index contributed by atoms with van der Waals surface area (Å²) in [4.78, 5) is 37.8. The fourth-order valence-corrected chi connectivity index (χ4v) is 3.60. The Morgan fingerprint density at radius 3 is 2.54 bits per heavy atom. The highest BCUT2D eigenvalue weighted by molar-refractivity contribution is 7.16. The first-order chi connectivity index (χ1) is 12.4. The first-order valence-corrected chi connectivity index (χ1v) is 8.34. The number of aryl methyl sites for hydroxylation is 1. The molecule has 1 amide bonds. The van der Waals surface area contributed by atoms with Gasteiger partial charge in [0.2, 0.25) is 0 Å². The molecule has 0 spiro atoms. The Hall–Kier alpha value is -3.40. The number of fused-ring (bicyclic) bond motifs is 1. The molecule has 132 valence electrons. The number of nitro benzene ring substituents is 2. The van der Waals surface area contributed by atoms with Crippen molar-refractivity contribution in [1.82, 2.24) is 4.57 Å². The number of hydrogen-bond acceptors (Lipinski definition) is 6. The summed E-state index contributed by atoms with van der Waals surface area (Å²) in [7, 11) is 0. The van der Waals surface area contributed by atoms with E-state index in [0.717, 1.165) is 4.70 Å². The molecule has 0 saturated carbocycles. The van der Waals surface area contributed by atoms with Crippen LogP contribution < -0.4 is 4.80 Å². The highest BCUT2D eigenvalue weighted by Gasteiger charge is 2.19. The van der Waals surface area contributed by atoms with Gasteiger partial charge < -0.3 is 4.57 Å². The first kappa shape index (κ1) is 17.4. The molecule has 0 N–H and O–H groups in total. The monoisotopic (exact) mass is 372 g/mol. The summed E-state index contributed by atoms with van der Waals surface area (Å²) in [5.41, 5.74) is 0.0968. The zero-order valence-electron chi connectivity index (χ0n) is 13.5. The third kappa shape index (κ3) is 3.09. The molecular weight excluding hydrogens is 360 g/mol. The van der Waals surface area contributed by atoms with Crippen molar-refractivity contribution in [2.45, 2.75) is 13.5 Å². The van der Waals surface area contributed by atoms with E-state index in [1.165, 1.54) is 47.7 Å². The maximum atomic E-state index is 12.5. The fourth-order valence-electron chi connectivity index (χ4n) is 2.52. The molecule has 0 aliphatic heterocycles. The lowest BCUT2D eigenvalue weighted by atomic mass is 10.2. The predicted octanol–water partition coefficient (Wildman–Crippen LogP) is 3.28. The summed E-state index contributed by atoms with van der Waals surface area (Å²) in [6.07, 6.45) is 0. The van der Waals surface area contributed by atoms with Crippen LogP contribution >= 0.6 is 11.3 Å². The van der Waals surface area contributed by atoms with Crippen LogP contribution in [0.2, 0.25) is 0 Å². The van der Waals surface area contributed by atoms with Gasteiger partial charge in [0, 0.05) is 24.7 Å². The van der Waals surface area contributed by atoms with Crippen LogP contribution in [-0.2, 0) is 6.54 Å². The Balaban J connectivity index is 2.17. The fraction of sp³-hybridized carbons (Fsp3) is 0.125. The Bertz CT molecular complexity index is 1120. The van der Waals surface area contributed by atoms with E-state index in [-0.39, 0.29) is 16.9 Å². The number of carbonyl (C=O) groups is 1. The van der Waals surface area contributed by atoms with Crippen molar-refractivity contribution in [2.24, 2.45) is 4.99 Å². The second-order valence-electron chi connectivity index (χ2n) is 5.23. The normalized spacial score (nSPS) is 11.7. The third-order valence-electron chi connectivity index (χ3n) is 3.72. The highest BCUT2D eigenvalue weighted by atomic mass is 32.1. The van der Waals surface area contributed by atoms with Crippen LogP contribution in [0.25, 0.3) is 10.2 Å². The molecule has 3 aromatic rings. The Morgan fingerprint density at radius 2 is 1.88 bits per heavy atom. The summed E-state index contributed by atoms with van der Waals surface area (Å²) in [5.74, 6) is -0.736. The number of benzene rings is 2. The Kier molecular flexibility index (Phi) is 4.59. The maximum absolute atomic E-state index is 12.5. The highest BCUT2D eigenvalue weighted by Crippen LogP contribution is 2.23. The van der Waals surface area contributed by atoms with E-state index in [9.17, 15) is 25.0 Å². The summed E-state index contributed by atoms with van der Waals surface area (Å²) in [5, 5.41) is 22.1. The van der Waals surface area contributed by atoms with Gasteiger partial charge in [0.25, 0.3) is 17.3 Å². The standard InChI is InChI=1S/C16H12N4O5S/c1-2-18-13-9-10(19(22)23)7-8-14(13)26-16(18)17-15(21)11-5-3-4-6-12(11)20(24)25/h3-9H,2H2,1H3. The van der Waals surface area contributed by atoms with Gasteiger partial charge in [-0.1, -0.05) is 23.5 Å². The van der Waals surface area contributed by atoms with E-state index in [2.05, 4.69) is 4.99 Å². The van der Waals surface area contributed by atoms with Gasteiger partial charge >= 0.3 is 0 Å². The number of non-ortho nitro benzene ring substituents is 1. The number of carbonyl (C=O) groups excluding carboxylic acids is 1. The van der Waals surface area contributed by atoms with Gasteiger partial charge in [-0.15, -0.1) is 0 Å². The van der Waals surface area contributed by atoms with Crippen molar-refractivity contribution in [3.05, 3.63) is 73.1 Å². The number of nitro groups is 2. The van der Waals surface area contributed by atoms with Crippen molar-refractivity contribution in [3.8, 4) is 0 Å². The molecule has 0 aliphatic rings. The number of hydrogen-bond donors (Lipinski definition) is 0. The molecule has 0 unspecified atom stereocenters. The number of aromatic nitrogens is 1. The first-order valence-electron chi connectivity index (χ1n) is 7.52. The summed E-state index contributed by atoms with van der Waals surface area (Å²) < 4.78 is 2.39. The van der Waals surface area contributed by atoms with Crippen molar-refractivity contribution in [1.29, 1.82) is 0 Å². The molecule has 0 bridgehead atoms. The molecule has 2 aromatic carbocycles. The molecule has 0 aliphatic carbocycles. The van der Waals surface area contributed by atoms with E-state index in [1.807, 2.05) is 6.92 Å². The lowest BCUT2D eigenvalue weighted by molar-refractivity contribution is -0.385. The molecule has 1 heterocycles. The van der Waals surface area contributed by atoms with Gasteiger partial charge in [-0.25, -0.2) is 0 Å². The molecule has 0 saturated heterocycles. The number of thiazole rings is 1. The van der Waals surface area contributed by atoms with Crippen LogP contribution in [0, 0.1) is 20.2 Å². The topological polar surface area (TPSA) is 121 Å². The van der Waals surface area contributed by atoms with E-state index >= 15 is 0 Å². The number of amides is 1. The molecule has 0 fully saturated rings. The lowest BCUT2D eigenvalue weighted by Crippen LogP contribution is -2.16. The average Bonchev–Trinajstić information content (AvgIpc) is 2.97. The number of para-hydroxylation sites is 1. The molecule has 0 radical (unpaired) electrons. The van der Waals surface area contributed by atoms with Crippen LogP contribution in [0.15, 0.2) is 47.5 Å². The van der Waals surface area contributed by atoms with E-state index in [0.29, 0.717) is 16.9 Å². The summed E-state index contributed by atoms with van der Waals surface area (Å²) in [6.45, 7) is 2.25. The zero-order chi connectivity index (χ0) is 18.8. The molecule has 1 aromatic heterocycles. The second kappa shape index (κ2) is 6.84. The Labute approximate surface area is 150 Å². The van der Waals surface area contributed by atoms with Gasteiger partial charge in [-0.3, -0.25) is 25.0 Å². The van der Waals surface area contributed by atoms with Crippen LogP contribution in [0.5, 0.6) is 0 Å². The van der Waals surface area contributed by atoms with Crippen LogP contribution in [0.4, 0.5) is 11.4 Å². The van der Waals surface area contributed by atoms with Gasteiger partial charge in [0.15, 0.2) is 4.80 Å². The maximum Gasteiger partial charge on any atom is 0.286 e. The molecule has 26 heavy (non-hydrogen) atoms. The molecule has 9 nitrogen and oxygen atoms in total. The minimum Gasteiger partial charge on any atom is -0.316 e. The third-order valence-corrected chi connectivity index (χ3v) is 4.78. The summed E-state index contributed by atoms with van der Waals surface area (Å²) in [6, 6.07) is 9.98.